The van der Waals surface area contributed by atoms with Crippen molar-refractivity contribution in [2.75, 3.05) is 23.7 Å². The second-order valence-electron chi connectivity index (χ2n) is 7.07. The first-order valence-corrected chi connectivity index (χ1v) is 11.5. The SMILES string of the molecule is Cc1ccc(OCCNC(=O)C(C)N(c2cc(Cl)ccc2C)S(C)(=O)=O)c(C)c1. The third-order valence-corrected chi connectivity index (χ3v) is 5.95. The zero-order chi connectivity index (χ0) is 21.8. The lowest BCUT2D eigenvalue weighted by Crippen LogP contribution is -2.48. The van der Waals surface area contributed by atoms with Crippen LogP contribution in [0.25, 0.3) is 0 Å². The second-order valence-corrected chi connectivity index (χ2v) is 9.37. The average Bonchev–Trinajstić information content (AvgIpc) is 2.61. The standard InChI is InChI=1S/C21H27ClN2O4S/c1-14-6-9-20(16(3)12-14)28-11-10-23-21(25)17(4)24(29(5,26)27)19-13-18(22)8-7-15(19)2/h6-9,12-13,17H,10-11H2,1-5H3,(H,23,25). The van der Waals surface area contributed by atoms with Crippen LogP contribution in [-0.4, -0.2) is 39.8 Å². The van der Waals surface area contributed by atoms with Gasteiger partial charge in [0.25, 0.3) is 0 Å². The van der Waals surface area contributed by atoms with Crippen LogP contribution >= 0.6 is 11.6 Å². The van der Waals surface area contributed by atoms with Gasteiger partial charge >= 0.3 is 0 Å². The number of amides is 1. The van der Waals surface area contributed by atoms with Gasteiger partial charge in [0, 0.05) is 5.02 Å². The first kappa shape index (κ1) is 23.0. The van der Waals surface area contributed by atoms with E-state index in [0.29, 0.717) is 16.3 Å². The van der Waals surface area contributed by atoms with E-state index in [2.05, 4.69) is 5.32 Å². The van der Waals surface area contributed by atoms with Gasteiger partial charge in [-0.05, 0) is 57.0 Å². The first-order valence-electron chi connectivity index (χ1n) is 9.24. The molecule has 0 saturated heterocycles. The number of nitrogens with zero attached hydrogens (tertiary/aromatic N) is 1. The minimum Gasteiger partial charge on any atom is -0.491 e. The maximum Gasteiger partial charge on any atom is 0.243 e. The summed E-state index contributed by atoms with van der Waals surface area (Å²) in [5.41, 5.74) is 3.25. The molecule has 0 fully saturated rings. The predicted molar refractivity (Wildman–Crippen MR) is 117 cm³/mol. The predicted octanol–water partition coefficient (Wildman–Crippen LogP) is 3.61. The topological polar surface area (TPSA) is 75.7 Å². The van der Waals surface area contributed by atoms with Crippen molar-refractivity contribution in [3.05, 3.63) is 58.1 Å². The summed E-state index contributed by atoms with van der Waals surface area (Å²) < 4.78 is 31.6. The number of rotatable bonds is 8. The van der Waals surface area contributed by atoms with Crippen LogP contribution in [0.15, 0.2) is 36.4 Å². The van der Waals surface area contributed by atoms with Gasteiger partial charge in [0.05, 0.1) is 18.5 Å². The van der Waals surface area contributed by atoms with Gasteiger partial charge in [0.15, 0.2) is 0 Å². The fourth-order valence-corrected chi connectivity index (χ4v) is 4.44. The summed E-state index contributed by atoms with van der Waals surface area (Å²) in [6, 6.07) is 9.87. The molecule has 1 atom stereocenters. The third kappa shape index (κ3) is 6.11. The molecule has 0 spiro atoms. The van der Waals surface area contributed by atoms with Crippen molar-refractivity contribution < 1.29 is 17.9 Å². The van der Waals surface area contributed by atoms with E-state index in [1.165, 1.54) is 0 Å². The Kier molecular flexibility index (Phi) is 7.54. The normalized spacial score (nSPS) is 12.3. The maximum atomic E-state index is 12.6. The molecule has 0 radical (unpaired) electrons. The number of nitrogens with one attached hydrogen (secondary N) is 1. The van der Waals surface area contributed by atoms with E-state index in [0.717, 1.165) is 27.4 Å². The molecule has 0 bridgehead atoms. The molecular formula is C21H27ClN2O4S. The Balaban J connectivity index is 2.05. The van der Waals surface area contributed by atoms with Gasteiger partial charge < -0.3 is 10.1 Å². The quantitative estimate of drug-likeness (QED) is 0.639. The number of hydrogen-bond donors (Lipinski definition) is 1. The van der Waals surface area contributed by atoms with E-state index >= 15 is 0 Å². The molecule has 0 heterocycles. The number of carbonyl (C=O) groups is 1. The number of anilines is 1. The number of benzene rings is 2. The van der Waals surface area contributed by atoms with Crippen LogP contribution in [0, 0.1) is 20.8 Å². The smallest absolute Gasteiger partial charge is 0.243 e. The van der Waals surface area contributed by atoms with E-state index in [4.69, 9.17) is 16.3 Å². The average molecular weight is 439 g/mol. The molecule has 158 valence electrons. The summed E-state index contributed by atoms with van der Waals surface area (Å²) >= 11 is 6.04. The van der Waals surface area contributed by atoms with Crippen molar-refractivity contribution in [1.29, 1.82) is 0 Å². The van der Waals surface area contributed by atoms with Crippen LogP contribution < -0.4 is 14.4 Å². The monoisotopic (exact) mass is 438 g/mol. The molecule has 1 unspecified atom stereocenters. The molecule has 8 heteroatoms. The van der Waals surface area contributed by atoms with Gasteiger partial charge in [-0.3, -0.25) is 9.10 Å². The minimum atomic E-state index is -3.70. The summed E-state index contributed by atoms with van der Waals surface area (Å²) in [7, 11) is -3.70. The second kappa shape index (κ2) is 9.50. The van der Waals surface area contributed by atoms with Crippen molar-refractivity contribution in [3.63, 3.8) is 0 Å². The van der Waals surface area contributed by atoms with Crippen LogP contribution in [0.5, 0.6) is 5.75 Å². The maximum absolute atomic E-state index is 12.6. The molecule has 1 N–H and O–H groups in total. The van der Waals surface area contributed by atoms with E-state index in [-0.39, 0.29) is 13.2 Å². The Bertz CT molecular complexity index is 992. The highest BCUT2D eigenvalue weighted by Gasteiger charge is 2.30. The molecular weight excluding hydrogens is 412 g/mol. The molecule has 29 heavy (non-hydrogen) atoms. The number of ether oxygens (including phenoxy) is 1. The van der Waals surface area contributed by atoms with Crippen LogP contribution in [0.1, 0.15) is 23.6 Å². The Hall–Kier alpha value is -2.25. The number of sulfonamides is 1. The third-order valence-electron chi connectivity index (χ3n) is 4.49. The lowest BCUT2D eigenvalue weighted by molar-refractivity contribution is -0.121. The molecule has 0 aromatic heterocycles. The molecule has 2 rings (SSSR count). The minimum absolute atomic E-state index is 0.253. The van der Waals surface area contributed by atoms with Crippen molar-refractivity contribution in [2.45, 2.75) is 33.7 Å². The van der Waals surface area contributed by atoms with Gasteiger partial charge in [-0.25, -0.2) is 8.42 Å². The molecule has 1 amide bonds. The summed E-state index contributed by atoms with van der Waals surface area (Å²) in [5, 5.41) is 3.13. The number of hydrogen-bond acceptors (Lipinski definition) is 4. The van der Waals surface area contributed by atoms with Crippen LogP contribution in [0.4, 0.5) is 5.69 Å². The van der Waals surface area contributed by atoms with Crippen molar-refractivity contribution in [2.24, 2.45) is 0 Å². The lowest BCUT2D eigenvalue weighted by Gasteiger charge is -2.29. The van der Waals surface area contributed by atoms with E-state index < -0.39 is 22.0 Å². The van der Waals surface area contributed by atoms with Gasteiger partial charge in [-0.2, -0.15) is 0 Å². The van der Waals surface area contributed by atoms with Gasteiger partial charge in [-0.15, -0.1) is 0 Å². The lowest BCUT2D eigenvalue weighted by atomic mass is 10.1. The number of carbonyl (C=O) groups excluding carboxylic acids is 1. The fourth-order valence-electron chi connectivity index (χ4n) is 3.05. The molecule has 6 nitrogen and oxygen atoms in total. The summed E-state index contributed by atoms with van der Waals surface area (Å²) in [6.45, 7) is 7.81. The van der Waals surface area contributed by atoms with E-state index in [1.807, 2.05) is 32.0 Å². The van der Waals surface area contributed by atoms with Gasteiger partial charge in [0.1, 0.15) is 18.4 Å². The van der Waals surface area contributed by atoms with Crippen molar-refractivity contribution >= 4 is 33.2 Å². The Morgan fingerprint density at radius 1 is 1.14 bits per heavy atom. The first-order chi connectivity index (χ1) is 13.5. The highest BCUT2D eigenvalue weighted by atomic mass is 35.5. The van der Waals surface area contributed by atoms with Gasteiger partial charge in [-0.1, -0.05) is 35.4 Å². The molecule has 0 aliphatic carbocycles. The largest absolute Gasteiger partial charge is 0.491 e. The Labute approximate surface area is 177 Å². The Morgan fingerprint density at radius 2 is 1.83 bits per heavy atom. The van der Waals surface area contributed by atoms with Crippen LogP contribution in [0.2, 0.25) is 5.02 Å². The number of aryl methyl sites for hydroxylation is 3. The highest BCUT2D eigenvalue weighted by Crippen LogP contribution is 2.28. The van der Waals surface area contributed by atoms with Crippen molar-refractivity contribution in [1.82, 2.24) is 5.32 Å². The molecule has 2 aromatic carbocycles. The highest BCUT2D eigenvalue weighted by molar-refractivity contribution is 7.92. The summed E-state index contributed by atoms with van der Waals surface area (Å²) in [4.78, 5) is 12.6. The van der Waals surface area contributed by atoms with Gasteiger partial charge in [0.2, 0.25) is 15.9 Å². The van der Waals surface area contributed by atoms with E-state index in [1.54, 1.807) is 32.0 Å². The zero-order valence-electron chi connectivity index (χ0n) is 17.3. The van der Waals surface area contributed by atoms with E-state index in [9.17, 15) is 13.2 Å². The number of halogens is 1. The summed E-state index contributed by atoms with van der Waals surface area (Å²) in [5.74, 6) is 0.337. The van der Waals surface area contributed by atoms with Crippen LogP contribution in [-0.2, 0) is 14.8 Å². The van der Waals surface area contributed by atoms with Crippen molar-refractivity contribution in [3.8, 4) is 5.75 Å². The molecule has 0 aliphatic heterocycles. The summed E-state index contributed by atoms with van der Waals surface area (Å²) in [6.07, 6.45) is 1.07. The zero-order valence-corrected chi connectivity index (χ0v) is 18.9. The molecule has 0 aliphatic rings. The fraction of sp³-hybridized carbons (Fsp3) is 0.381. The van der Waals surface area contributed by atoms with Crippen LogP contribution in [0.3, 0.4) is 0 Å². The molecule has 0 saturated carbocycles. The Morgan fingerprint density at radius 3 is 2.45 bits per heavy atom. The molecule has 2 aromatic rings.